The summed E-state index contributed by atoms with van der Waals surface area (Å²) in [6.45, 7) is 8.26. The van der Waals surface area contributed by atoms with Crippen molar-refractivity contribution in [3.05, 3.63) is 47.4 Å². The van der Waals surface area contributed by atoms with Gasteiger partial charge in [0, 0.05) is 37.0 Å². The monoisotopic (exact) mass is 288 g/mol. The molecule has 5 heteroatoms. The Morgan fingerprint density at radius 1 is 1.14 bits per heavy atom. The first-order valence-electron chi connectivity index (χ1n) is 7.22. The van der Waals surface area contributed by atoms with Crippen LogP contribution in [-0.2, 0) is 6.54 Å². The molecule has 0 radical (unpaired) electrons. The lowest BCUT2D eigenvalue weighted by Crippen LogP contribution is -2.23. The Kier molecular flexibility index (Phi) is 5.09. The Morgan fingerprint density at radius 2 is 1.86 bits per heavy atom. The van der Waals surface area contributed by atoms with E-state index in [4.69, 9.17) is 0 Å². The first kappa shape index (κ1) is 15.2. The molecule has 1 aromatic carbocycles. The number of nitrogens with zero attached hydrogens (tertiary/aromatic N) is 3. The zero-order valence-electron chi connectivity index (χ0n) is 12.7. The summed E-state index contributed by atoms with van der Waals surface area (Å²) >= 11 is 0. The van der Waals surface area contributed by atoms with Crippen LogP contribution in [0.5, 0.6) is 0 Å². The Hall–Kier alpha value is -2.17. The lowest BCUT2D eigenvalue weighted by molar-refractivity contribution is 0.612. The van der Waals surface area contributed by atoms with Crippen LogP contribution < -0.4 is 10.2 Å². The summed E-state index contributed by atoms with van der Waals surface area (Å²) in [5, 5.41) is 3.10. The van der Waals surface area contributed by atoms with Crippen molar-refractivity contribution < 1.29 is 4.39 Å². The summed E-state index contributed by atoms with van der Waals surface area (Å²) in [4.78, 5) is 11.0. The molecular formula is C16H21FN4. The van der Waals surface area contributed by atoms with Gasteiger partial charge in [-0.1, -0.05) is 18.2 Å². The minimum absolute atomic E-state index is 0.221. The highest BCUT2D eigenvalue weighted by atomic mass is 19.1. The molecule has 0 aliphatic rings. The second-order valence-corrected chi connectivity index (χ2v) is 4.81. The molecular weight excluding hydrogens is 267 g/mol. The van der Waals surface area contributed by atoms with Crippen LogP contribution in [0, 0.1) is 12.7 Å². The molecule has 0 atom stereocenters. The number of anilines is 2. The van der Waals surface area contributed by atoms with Crippen LogP contribution in [0.25, 0.3) is 0 Å². The van der Waals surface area contributed by atoms with Crippen molar-refractivity contribution in [2.75, 3.05) is 23.3 Å². The summed E-state index contributed by atoms with van der Waals surface area (Å²) < 4.78 is 13.6. The fourth-order valence-corrected chi connectivity index (χ4v) is 2.16. The molecule has 0 aliphatic carbocycles. The molecule has 2 aromatic rings. The fourth-order valence-electron chi connectivity index (χ4n) is 2.16. The summed E-state index contributed by atoms with van der Waals surface area (Å²) in [5.41, 5.74) is 1.50. The van der Waals surface area contributed by atoms with Crippen LogP contribution in [-0.4, -0.2) is 23.1 Å². The van der Waals surface area contributed by atoms with E-state index in [1.807, 2.05) is 19.1 Å². The van der Waals surface area contributed by atoms with E-state index in [1.54, 1.807) is 12.1 Å². The van der Waals surface area contributed by atoms with Crippen molar-refractivity contribution in [1.82, 2.24) is 9.97 Å². The third-order valence-corrected chi connectivity index (χ3v) is 3.32. The van der Waals surface area contributed by atoms with E-state index in [2.05, 4.69) is 34.0 Å². The Morgan fingerprint density at radius 3 is 2.52 bits per heavy atom. The molecule has 0 fully saturated rings. The average molecular weight is 288 g/mol. The van der Waals surface area contributed by atoms with Gasteiger partial charge >= 0.3 is 0 Å². The summed E-state index contributed by atoms with van der Waals surface area (Å²) in [6, 6.07) is 8.67. The lowest BCUT2D eigenvalue weighted by atomic mass is 10.2. The first-order chi connectivity index (χ1) is 10.1. The van der Waals surface area contributed by atoms with Crippen LogP contribution in [0.15, 0.2) is 30.3 Å². The van der Waals surface area contributed by atoms with Gasteiger partial charge in [-0.15, -0.1) is 0 Å². The smallest absolute Gasteiger partial charge is 0.225 e. The molecule has 0 saturated carbocycles. The maximum absolute atomic E-state index is 13.6. The van der Waals surface area contributed by atoms with E-state index < -0.39 is 0 Å². The largest absolute Gasteiger partial charge is 0.357 e. The van der Waals surface area contributed by atoms with Gasteiger partial charge in [-0.05, 0) is 26.8 Å². The van der Waals surface area contributed by atoms with Gasteiger partial charge in [-0.25, -0.2) is 9.37 Å². The summed E-state index contributed by atoms with van der Waals surface area (Å²) in [7, 11) is 0. The SMILES string of the molecule is CCN(CC)c1cc(C)nc(NCc2ccccc2F)n1. The number of aromatic nitrogens is 2. The van der Waals surface area contributed by atoms with Gasteiger partial charge in [0.25, 0.3) is 0 Å². The highest BCUT2D eigenvalue weighted by Gasteiger charge is 2.08. The quantitative estimate of drug-likeness (QED) is 0.884. The predicted octanol–water partition coefficient (Wildman–Crippen LogP) is 3.38. The van der Waals surface area contributed by atoms with Crippen LogP contribution in [0.1, 0.15) is 25.1 Å². The van der Waals surface area contributed by atoms with E-state index in [0.717, 1.165) is 24.6 Å². The zero-order valence-corrected chi connectivity index (χ0v) is 12.7. The normalized spacial score (nSPS) is 10.5. The molecule has 1 N–H and O–H groups in total. The van der Waals surface area contributed by atoms with Crippen molar-refractivity contribution in [1.29, 1.82) is 0 Å². The van der Waals surface area contributed by atoms with Crippen LogP contribution in [0.2, 0.25) is 0 Å². The minimum atomic E-state index is -0.221. The summed E-state index contributed by atoms with van der Waals surface area (Å²) in [5.74, 6) is 1.20. The molecule has 0 bridgehead atoms. The number of benzene rings is 1. The molecule has 4 nitrogen and oxygen atoms in total. The van der Waals surface area contributed by atoms with E-state index in [-0.39, 0.29) is 5.82 Å². The zero-order chi connectivity index (χ0) is 15.2. The molecule has 0 unspecified atom stereocenters. The van der Waals surface area contributed by atoms with Crippen LogP contribution in [0.3, 0.4) is 0 Å². The van der Waals surface area contributed by atoms with Gasteiger partial charge in [-0.3, -0.25) is 0 Å². The lowest BCUT2D eigenvalue weighted by Gasteiger charge is -2.20. The third-order valence-electron chi connectivity index (χ3n) is 3.32. The number of aryl methyl sites for hydroxylation is 1. The Balaban J connectivity index is 2.15. The van der Waals surface area contributed by atoms with Gasteiger partial charge in [-0.2, -0.15) is 4.98 Å². The molecule has 2 rings (SSSR count). The van der Waals surface area contributed by atoms with Crippen LogP contribution >= 0.6 is 0 Å². The molecule has 0 aliphatic heterocycles. The molecule has 1 heterocycles. The third kappa shape index (κ3) is 3.90. The number of rotatable bonds is 6. The second kappa shape index (κ2) is 7.02. The van der Waals surface area contributed by atoms with E-state index >= 15 is 0 Å². The highest BCUT2D eigenvalue weighted by molar-refractivity contribution is 5.44. The van der Waals surface area contributed by atoms with E-state index in [0.29, 0.717) is 18.1 Å². The molecule has 0 spiro atoms. The van der Waals surface area contributed by atoms with Crippen molar-refractivity contribution in [2.45, 2.75) is 27.3 Å². The fraction of sp³-hybridized carbons (Fsp3) is 0.375. The number of hydrogen-bond acceptors (Lipinski definition) is 4. The van der Waals surface area contributed by atoms with Crippen LogP contribution in [0.4, 0.5) is 16.2 Å². The number of hydrogen-bond donors (Lipinski definition) is 1. The summed E-state index contributed by atoms with van der Waals surface area (Å²) in [6.07, 6.45) is 0. The van der Waals surface area contributed by atoms with E-state index in [1.165, 1.54) is 6.07 Å². The Bertz CT molecular complexity index is 597. The topological polar surface area (TPSA) is 41.1 Å². The average Bonchev–Trinajstić information content (AvgIpc) is 2.47. The van der Waals surface area contributed by atoms with Gasteiger partial charge in [0.1, 0.15) is 11.6 Å². The number of halogens is 1. The Labute approximate surface area is 125 Å². The molecule has 0 amide bonds. The van der Waals surface area contributed by atoms with Gasteiger partial charge in [0.15, 0.2) is 0 Å². The second-order valence-electron chi connectivity index (χ2n) is 4.81. The predicted molar refractivity (Wildman–Crippen MR) is 84.1 cm³/mol. The maximum atomic E-state index is 13.6. The standard InChI is InChI=1S/C16H21FN4/c1-4-21(5-2)15-10-12(3)19-16(20-15)18-11-13-8-6-7-9-14(13)17/h6-10H,4-5,11H2,1-3H3,(H,18,19,20). The van der Waals surface area contributed by atoms with Crippen molar-refractivity contribution in [3.63, 3.8) is 0 Å². The number of nitrogens with one attached hydrogen (secondary N) is 1. The van der Waals surface area contributed by atoms with Gasteiger partial charge in [0.2, 0.25) is 5.95 Å². The van der Waals surface area contributed by atoms with Crippen molar-refractivity contribution in [3.8, 4) is 0 Å². The highest BCUT2D eigenvalue weighted by Crippen LogP contribution is 2.15. The van der Waals surface area contributed by atoms with Crippen molar-refractivity contribution >= 4 is 11.8 Å². The molecule has 112 valence electrons. The van der Waals surface area contributed by atoms with Crippen molar-refractivity contribution in [2.24, 2.45) is 0 Å². The molecule has 21 heavy (non-hydrogen) atoms. The molecule has 1 aromatic heterocycles. The van der Waals surface area contributed by atoms with Gasteiger partial charge in [0.05, 0.1) is 0 Å². The van der Waals surface area contributed by atoms with Gasteiger partial charge < -0.3 is 10.2 Å². The minimum Gasteiger partial charge on any atom is -0.357 e. The van der Waals surface area contributed by atoms with E-state index in [9.17, 15) is 4.39 Å². The maximum Gasteiger partial charge on any atom is 0.225 e. The first-order valence-corrected chi connectivity index (χ1v) is 7.22. The molecule has 0 saturated heterocycles.